The molecule has 0 radical (unpaired) electrons. The summed E-state index contributed by atoms with van der Waals surface area (Å²) in [6, 6.07) is 7.43. The summed E-state index contributed by atoms with van der Waals surface area (Å²) in [5, 5.41) is 6.15. The van der Waals surface area contributed by atoms with Gasteiger partial charge in [-0.05, 0) is 87.1 Å². The third-order valence-electron chi connectivity index (χ3n) is 5.40. The van der Waals surface area contributed by atoms with E-state index in [0.29, 0.717) is 0 Å². The Morgan fingerprint density at radius 2 is 0.933 bits per heavy atom. The van der Waals surface area contributed by atoms with Gasteiger partial charge < -0.3 is 10.6 Å². The van der Waals surface area contributed by atoms with Crippen molar-refractivity contribution in [3.05, 3.63) is 94.1 Å². The van der Waals surface area contributed by atoms with E-state index in [4.69, 9.17) is 0 Å². The van der Waals surface area contributed by atoms with Crippen LogP contribution in [0.5, 0.6) is 0 Å². The van der Waals surface area contributed by atoms with Gasteiger partial charge in [0.2, 0.25) is 11.8 Å². The zero-order chi connectivity index (χ0) is 22.6. The van der Waals surface area contributed by atoms with Crippen LogP contribution >= 0.6 is 0 Å². The van der Waals surface area contributed by atoms with Crippen molar-refractivity contribution in [3.8, 4) is 0 Å². The zero-order valence-electron chi connectivity index (χ0n) is 18.8. The predicted octanol–water partition coefficient (Wildman–Crippen LogP) is 4.92. The molecule has 0 saturated heterocycles. The van der Waals surface area contributed by atoms with E-state index in [1.165, 1.54) is 12.2 Å². The highest BCUT2D eigenvalue weighted by atomic mass is 16.2. The molecule has 4 heteroatoms. The van der Waals surface area contributed by atoms with E-state index in [2.05, 4.69) is 48.1 Å². The second-order valence-corrected chi connectivity index (χ2v) is 8.01. The predicted molar refractivity (Wildman–Crippen MR) is 123 cm³/mol. The van der Waals surface area contributed by atoms with Gasteiger partial charge in [-0.2, -0.15) is 0 Å². The number of hydrogen-bond acceptors (Lipinski definition) is 2. The average molecular weight is 405 g/mol. The van der Waals surface area contributed by atoms with Crippen LogP contribution in [0.25, 0.3) is 0 Å². The van der Waals surface area contributed by atoms with Gasteiger partial charge in [0.05, 0.1) is 12.1 Å². The van der Waals surface area contributed by atoms with Gasteiger partial charge in [-0.1, -0.05) is 48.6 Å². The summed E-state index contributed by atoms with van der Waals surface area (Å²) in [5.41, 5.74) is 8.51. The van der Waals surface area contributed by atoms with Crippen LogP contribution in [0.1, 0.15) is 56.6 Å². The van der Waals surface area contributed by atoms with E-state index in [0.717, 1.165) is 44.5 Å². The van der Waals surface area contributed by atoms with Crippen LogP contribution in [0.4, 0.5) is 0 Å². The number of aryl methyl sites for hydroxylation is 6. The normalized spacial score (nSPS) is 12.6. The Balaban J connectivity index is 2.80. The van der Waals surface area contributed by atoms with Crippen LogP contribution in [0.2, 0.25) is 0 Å². The molecule has 0 aromatic heterocycles. The Labute approximate surface area is 180 Å². The van der Waals surface area contributed by atoms with Gasteiger partial charge in [-0.25, -0.2) is 0 Å². The molecule has 2 amide bonds. The van der Waals surface area contributed by atoms with E-state index >= 15 is 0 Å². The summed E-state index contributed by atoms with van der Waals surface area (Å²) in [6.07, 6.45) is 2.51. The molecule has 0 spiro atoms. The molecular weight excluding hydrogens is 372 g/mol. The monoisotopic (exact) mass is 404 g/mol. The van der Waals surface area contributed by atoms with Crippen molar-refractivity contribution in [1.82, 2.24) is 10.6 Å². The van der Waals surface area contributed by atoms with Crippen LogP contribution in [-0.4, -0.2) is 11.8 Å². The molecule has 0 bridgehead atoms. The molecule has 0 aliphatic rings. The fourth-order valence-corrected chi connectivity index (χ4v) is 4.43. The van der Waals surface area contributed by atoms with Crippen molar-refractivity contribution in [2.45, 2.75) is 53.6 Å². The zero-order valence-corrected chi connectivity index (χ0v) is 18.8. The Morgan fingerprint density at radius 3 is 1.17 bits per heavy atom. The molecule has 30 heavy (non-hydrogen) atoms. The van der Waals surface area contributed by atoms with Crippen molar-refractivity contribution in [2.75, 3.05) is 0 Å². The first-order valence-electron chi connectivity index (χ1n) is 10.1. The topological polar surface area (TPSA) is 58.2 Å². The fourth-order valence-electron chi connectivity index (χ4n) is 4.43. The lowest BCUT2D eigenvalue weighted by molar-refractivity contribution is -0.120. The van der Waals surface area contributed by atoms with Gasteiger partial charge in [0.25, 0.3) is 0 Å². The third-order valence-corrected chi connectivity index (χ3v) is 5.40. The number of amides is 2. The van der Waals surface area contributed by atoms with Gasteiger partial charge in [0, 0.05) is 0 Å². The van der Waals surface area contributed by atoms with Crippen molar-refractivity contribution < 1.29 is 9.59 Å². The number of benzene rings is 2. The number of carbonyl (C=O) groups is 2. The molecule has 2 atom stereocenters. The first-order chi connectivity index (χ1) is 14.1. The molecule has 0 aliphatic heterocycles. The highest BCUT2D eigenvalue weighted by Gasteiger charge is 2.31. The molecule has 2 N–H and O–H groups in total. The van der Waals surface area contributed by atoms with E-state index in [-0.39, 0.29) is 11.8 Å². The average Bonchev–Trinajstić information content (AvgIpc) is 2.64. The quantitative estimate of drug-likeness (QED) is 0.643. The number of carbonyl (C=O) groups excluding carboxylic acids is 2. The minimum Gasteiger partial charge on any atom is -0.343 e. The summed E-state index contributed by atoms with van der Waals surface area (Å²) in [5.74, 6) is -0.584. The molecule has 2 aromatic rings. The molecule has 4 nitrogen and oxygen atoms in total. The van der Waals surface area contributed by atoms with E-state index in [9.17, 15) is 9.59 Å². The van der Waals surface area contributed by atoms with Crippen LogP contribution in [0.3, 0.4) is 0 Å². The lowest BCUT2D eigenvalue weighted by atomic mass is 9.83. The van der Waals surface area contributed by atoms with Crippen LogP contribution in [0, 0.1) is 41.5 Å². The summed E-state index contributed by atoms with van der Waals surface area (Å²) in [6.45, 7) is 19.4. The fraction of sp³-hybridized carbons (Fsp3) is 0.308. The number of hydrogen-bond donors (Lipinski definition) is 2. The second kappa shape index (κ2) is 9.57. The standard InChI is InChI=1S/C26H32N2O2/c1-9-21(29)27-25(23-17(5)11-15(3)12-18(23)6)26(28-22(30)10-2)24-19(7)13-16(4)14-20(24)8/h9-14,25-26H,1-2H2,3-8H3,(H,27,29)(H,28,30)/t25-,26-/m0/s1. The smallest absolute Gasteiger partial charge is 0.243 e. The van der Waals surface area contributed by atoms with E-state index in [1.807, 2.05) is 41.5 Å². The Morgan fingerprint density at radius 1 is 0.667 bits per heavy atom. The highest BCUT2D eigenvalue weighted by Crippen LogP contribution is 2.37. The van der Waals surface area contributed by atoms with Gasteiger partial charge in [-0.3, -0.25) is 9.59 Å². The summed E-state index contributed by atoms with van der Waals surface area (Å²) >= 11 is 0. The van der Waals surface area contributed by atoms with Crippen molar-refractivity contribution in [2.24, 2.45) is 0 Å². The Bertz CT molecular complexity index is 877. The molecule has 158 valence electrons. The second-order valence-electron chi connectivity index (χ2n) is 8.01. The lowest BCUT2D eigenvalue weighted by Crippen LogP contribution is -2.41. The Hall–Kier alpha value is -3.14. The van der Waals surface area contributed by atoms with E-state index < -0.39 is 12.1 Å². The first-order valence-corrected chi connectivity index (χ1v) is 10.1. The molecule has 0 unspecified atom stereocenters. The molecule has 2 rings (SSSR count). The maximum atomic E-state index is 12.4. The Kier molecular flexibility index (Phi) is 7.38. The highest BCUT2D eigenvalue weighted by molar-refractivity contribution is 5.89. The van der Waals surface area contributed by atoms with Gasteiger partial charge >= 0.3 is 0 Å². The van der Waals surface area contributed by atoms with Crippen LogP contribution in [0.15, 0.2) is 49.6 Å². The maximum absolute atomic E-state index is 12.4. The number of nitrogens with one attached hydrogen (secondary N) is 2. The maximum Gasteiger partial charge on any atom is 0.243 e. The summed E-state index contributed by atoms with van der Waals surface area (Å²) in [7, 11) is 0. The van der Waals surface area contributed by atoms with Gasteiger partial charge in [-0.15, -0.1) is 0 Å². The molecule has 0 heterocycles. The van der Waals surface area contributed by atoms with Gasteiger partial charge in [0.15, 0.2) is 0 Å². The van der Waals surface area contributed by atoms with E-state index in [1.54, 1.807) is 0 Å². The lowest BCUT2D eigenvalue weighted by Gasteiger charge is -2.33. The molecular formula is C26H32N2O2. The summed E-state index contributed by atoms with van der Waals surface area (Å²) < 4.78 is 0. The molecule has 0 aliphatic carbocycles. The minimum atomic E-state index is -0.472. The molecule has 0 saturated carbocycles. The molecule has 2 aromatic carbocycles. The third kappa shape index (κ3) is 5.07. The van der Waals surface area contributed by atoms with Gasteiger partial charge in [0.1, 0.15) is 0 Å². The minimum absolute atomic E-state index is 0.292. The van der Waals surface area contributed by atoms with Crippen LogP contribution in [-0.2, 0) is 9.59 Å². The molecule has 0 fully saturated rings. The number of rotatable bonds is 7. The first kappa shape index (κ1) is 23.1. The van der Waals surface area contributed by atoms with Crippen molar-refractivity contribution >= 4 is 11.8 Å². The van der Waals surface area contributed by atoms with Crippen LogP contribution < -0.4 is 10.6 Å². The SMILES string of the molecule is C=CC(=O)N[C@@H](c1c(C)cc(C)cc1C)[C@@H](NC(=O)C=C)c1c(C)cc(C)cc1C. The van der Waals surface area contributed by atoms with Crippen molar-refractivity contribution in [1.29, 1.82) is 0 Å². The summed E-state index contributed by atoms with van der Waals surface area (Å²) in [4.78, 5) is 24.9. The van der Waals surface area contributed by atoms with Crippen molar-refractivity contribution in [3.63, 3.8) is 0 Å². The largest absolute Gasteiger partial charge is 0.343 e.